The fourth-order valence-electron chi connectivity index (χ4n) is 2.50. The van der Waals surface area contributed by atoms with E-state index in [4.69, 9.17) is 15.6 Å². The van der Waals surface area contributed by atoms with Crippen molar-refractivity contribution in [2.75, 3.05) is 6.54 Å². The van der Waals surface area contributed by atoms with Crippen molar-refractivity contribution in [1.82, 2.24) is 24.1 Å². The molecule has 0 unspecified atom stereocenters. The number of nitrogens with two attached hydrogens (primary N) is 1. The van der Waals surface area contributed by atoms with Gasteiger partial charge in [0.05, 0.1) is 19.3 Å². The molecule has 0 aliphatic rings. The van der Waals surface area contributed by atoms with E-state index in [0.29, 0.717) is 6.54 Å². The molecular weight excluding hydrogens is 487 g/mol. The molecule has 0 atom stereocenters. The van der Waals surface area contributed by atoms with Gasteiger partial charge < -0.3 is 10.8 Å². The molecule has 3 heterocycles. The molecule has 0 aromatic carbocycles. The minimum Gasteiger partial charge on any atom is -0.475 e. The zero-order valence-corrected chi connectivity index (χ0v) is 18.8. The van der Waals surface area contributed by atoms with Crippen molar-refractivity contribution in [3.05, 3.63) is 57.9 Å². The number of thiophene rings is 1. The Morgan fingerprint density at radius 2 is 1.88 bits per heavy atom. The summed E-state index contributed by atoms with van der Waals surface area (Å²) in [6.07, 6.45) is -1.81. The summed E-state index contributed by atoms with van der Waals surface area (Å²) in [6.45, 7) is 3.80. The Kier molecular flexibility index (Phi) is 8.86. The molecule has 0 radical (unpaired) electrons. The molecule has 3 N–H and O–H groups in total. The van der Waals surface area contributed by atoms with Crippen LogP contribution in [-0.4, -0.2) is 47.9 Å². The lowest BCUT2D eigenvalue weighted by Gasteiger charge is -2.02. The summed E-state index contributed by atoms with van der Waals surface area (Å²) in [5.41, 5.74) is 5.54. The fraction of sp³-hybridized carbons (Fsp3) is 0.368. The molecular formula is C19H21F5N6O3S. The Labute approximate surface area is 193 Å². The molecule has 3 aromatic rings. The van der Waals surface area contributed by atoms with Crippen molar-refractivity contribution in [1.29, 1.82) is 0 Å². The number of carbonyl (C=O) groups is 1. The largest absolute Gasteiger partial charge is 0.490 e. The van der Waals surface area contributed by atoms with E-state index in [0.717, 1.165) is 20.0 Å². The van der Waals surface area contributed by atoms with Crippen molar-refractivity contribution in [3.63, 3.8) is 0 Å². The highest BCUT2D eigenvalue weighted by atomic mass is 32.1. The molecule has 0 amide bonds. The first kappa shape index (κ1) is 26.9. The molecule has 3 aromatic heterocycles. The highest BCUT2D eigenvalue weighted by molar-refractivity contribution is 7.15. The summed E-state index contributed by atoms with van der Waals surface area (Å²) in [4.78, 5) is 23.2. The Bertz CT molecular complexity index is 1200. The number of hydrogen-bond donors (Lipinski definition) is 2. The van der Waals surface area contributed by atoms with Gasteiger partial charge >= 0.3 is 17.8 Å². The van der Waals surface area contributed by atoms with Crippen LogP contribution in [0, 0.1) is 0 Å². The lowest BCUT2D eigenvalue weighted by atomic mass is 10.3. The second-order valence-electron chi connectivity index (χ2n) is 7.14. The van der Waals surface area contributed by atoms with Gasteiger partial charge in [-0.25, -0.2) is 14.3 Å². The monoisotopic (exact) mass is 508 g/mol. The van der Waals surface area contributed by atoms with Gasteiger partial charge in [0.1, 0.15) is 6.33 Å². The molecule has 0 aliphatic carbocycles. The van der Waals surface area contributed by atoms with Crippen LogP contribution in [0.2, 0.25) is 0 Å². The van der Waals surface area contributed by atoms with Crippen LogP contribution >= 0.6 is 11.3 Å². The number of aliphatic carboxylic acids is 1. The lowest BCUT2D eigenvalue weighted by molar-refractivity contribution is -0.192. The Morgan fingerprint density at radius 3 is 2.38 bits per heavy atom. The summed E-state index contributed by atoms with van der Waals surface area (Å²) >= 11 is 1.55. The number of carboxylic acid groups (broad SMARTS) is 1. The Hall–Kier alpha value is -3.33. The van der Waals surface area contributed by atoms with E-state index in [1.165, 1.54) is 10.9 Å². The van der Waals surface area contributed by atoms with E-state index in [1.807, 2.05) is 29.2 Å². The van der Waals surface area contributed by atoms with E-state index in [-0.39, 0.29) is 24.7 Å². The predicted molar refractivity (Wildman–Crippen MR) is 114 cm³/mol. The SMILES string of the molecule is CC(C)n1cc(-c2ccc(Cn3cnn(CC(CN)=C(F)F)c3=O)s2)cn1.O=C(O)C(F)(F)F. The second kappa shape index (κ2) is 11.2. The van der Waals surface area contributed by atoms with Crippen LogP contribution in [0.1, 0.15) is 24.8 Å². The van der Waals surface area contributed by atoms with Crippen LogP contribution in [0.25, 0.3) is 10.4 Å². The van der Waals surface area contributed by atoms with Crippen molar-refractivity contribution < 1.29 is 31.9 Å². The third-order valence-corrected chi connectivity index (χ3v) is 5.42. The van der Waals surface area contributed by atoms with Crippen molar-refractivity contribution in [3.8, 4) is 10.4 Å². The van der Waals surface area contributed by atoms with Gasteiger partial charge in [-0.05, 0) is 26.0 Å². The summed E-state index contributed by atoms with van der Waals surface area (Å²) in [7, 11) is 0. The lowest BCUT2D eigenvalue weighted by Crippen LogP contribution is -2.27. The van der Waals surface area contributed by atoms with Gasteiger partial charge in [-0.3, -0.25) is 9.25 Å². The summed E-state index contributed by atoms with van der Waals surface area (Å²) in [5, 5.41) is 15.4. The molecule has 0 aliphatic heterocycles. The number of aromatic nitrogens is 5. The number of halogens is 5. The molecule has 9 nitrogen and oxygen atoms in total. The van der Waals surface area contributed by atoms with Crippen LogP contribution in [0.15, 0.2) is 47.3 Å². The maximum Gasteiger partial charge on any atom is 0.490 e. The van der Waals surface area contributed by atoms with Crippen molar-refractivity contribution in [2.45, 2.75) is 39.2 Å². The number of nitrogens with zero attached hydrogens (tertiary/aromatic N) is 5. The van der Waals surface area contributed by atoms with Crippen LogP contribution < -0.4 is 11.4 Å². The van der Waals surface area contributed by atoms with Gasteiger partial charge in [0.15, 0.2) is 0 Å². The maximum absolute atomic E-state index is 12.7. The Balaban J connectivity index is 0.000000509. The van der Waals surface area contributed by atoms with Crippen LogP contribution in [0.5, 0.6) is 0 Å². The normalized spacial score (nSPS) is 11.3. The second-order valence-corrected chi connectivity index (χ2v) is 8.31. The molecule has 0 saturated carbocycles. The van der Waals surface area contributed by atoms with Crippen LogP contribution in [0.3, 0.4) is 0 Å². The zero-order chi connectivity index (χ0) is 25.6. The molecule has 15 heteroatoms. The van der Waals surface area contributed by atoms with E-state index in [1.54, 1.807) is 11.3 Å². The Morgan fingerprint density at radius 1 is 1.24 bits per heavy atom. The van der Waals surface area contributed by atoms with E-state index >= 15 is 0 Å². The fourth-order valence-corrected chi connectivity index (χ4v) is 3.49. The van der Waals surface area contributed by atoms with Gasteiger partial charge in [-0.2, -0.15) is 32.1 Å². The van der Waals surface area contributed by atoms with Gasteiger partial charge in [-0.15, -0.1) is 11.3 Å². The first-order chi connectivity index (χ1) is 15.8. The van der Waals surface area contributed by atoms with Crippen LogP contribution in [-0.2, 0) is 17.9 Å². The molecule has 3 rings (SSSR count). The molecule has 34 heavy (non-hydrogen) atoms. The molecule has 0 spiro atoms. The zero-order valence-electron chi connectivity index (χ0n) is 18.0. The minimum absolute atomic E-state index is 0.282. The molecule has 186 valence electrons. The highest BCUT2D eigenvalue weighted by Crippen LogP contribution is 2.28. The minimum atomic E-state index is -5.08. The average Bonchev–Trinajstić information content (AvgIpc) is 3.47. The van der Waals surface area contributed by atoms with Gasteiger partial charge in [0.2, 0.25) is 0 Å². The predicted octanol–water partition coefficient (Wildman–Crippen LogP) is 3.34. The maximum atomic E-state index is 12.7. The topological polar surface area (TPSA) is 121 Å². The summed E-state index contributed by atoms with van der Waals surface area (Å²) in [6, 6.07) is 4.19. The quantitative estimate of drug-likeness (QED) is 0.473. The first-order valence-corrected chi connectivity index (χ1v) is 10.4. The van der Waals surface area contributed by atoms with Gasteiger partial charge in [0.25, 0.3) is 6.08 Å². The average molecular weight is 508 g/mol. The van der Waals surface area contributed by atoms with Gasteiger partial charge in [-0.1, -0.05) is 0 Å². The molecule has 0 saturated heterocycles. The smallest absolute Gasteiger partial charge is 0.475 e. The molecule has 0 fully saturated rings. The van der Waals surface area contributed by atoms with Crippen LogP contribution in [0.4, 0.5) is 22.0 Å². The summed E-state index contributed by atoms with van der Waals surface area (Å²) in [5.74, 6) is -2.76. The van der Waals surface area contributed by atoms with E-state index in [2.05, 4.69) is 24.0 Å². The standard InChI is InChI=1S/C17H20F2N6OS.C2HF3O2/c1-11(2)24-8-13(6-21-24)15-4-3-14(27-15)9-23-10-22-25(17(23)26)7-12(5-20)16(18)19;3-2(4,5)1(6)7/h3-4,6,8,10-11H,5,7,9,20H2,1-2H3;(H,6,7). The van der Waals surface area contributed by atoms with Crippen molar-refractivity contribution in [2.24, 2.45) is 5.73 Å². The first-order valence-electron chi connectivity index (χ1n) is 9.62. The molecule has 0 bridgehead atoms. The van der Waals surface area contributed by atoms with E-state index < -0.39 is 23.9 Å². The highest BCUT2D eigenvalue weighted by Gasteiger charge is 2.38. The number of hydrogen-bond acceptors (Lipinski definition) is 6. The number of carboxylic acids is 1. The van der Waals surface area contributed by atoms with Crippen molar-refractivity contribution >= 4 is 17.3 Å². The third-order valence-electron chi connectivity index (χ3n) is 4.30. The van der Waals surface area contributed by atoms with E-state index in [9.17, 15) is 26.7 Å². The van der Waals surface area contributed by atoms with Gasteiger partial charge in [0, 0.05) is 39.7 Å². The number of rotatable bonds is 7. The number of alkyl halides is 3. The third kappa shape index (κ3) is 7.08. The summed E-state index contributed by atoms with van der Waals surface area (Å²) < 4.78 is 61.5.